The molecule has 1 fully saturated rings. The predicted octanol–water partition coefficient (Wildman–Crippen LogP) is 0.509. The van der Waals surface area contributed by atoms with Crippen molar-refractivity contribution in [3.05, 3.63) is 0 Å². The largest absolute Gasteiger partial charge is 0.480 e. The lowest BCUT2D eigenvalue weighted by molar-refractivity contribution is 0.270. The van der Waals surface area contributed by atoms with E-state index in [1.165, 1.54) is 0 Å². The summed E-state index contributed by atoms with van der Waals surface area (Å²) in [6, 6.07) is 0.528. The Kier molecular flexibility index (Phi) is 1.82. The molecule has 2 aliphatic rings. The molecular formula is C8H14N2O. The minimum absolute atomic E-state index is 0.528. The van der Waals surface area contributed by atoms with Crippen molar-refractivity contribution in [3.63, 3.8) is 0 Å². The van der Waals surface area contributed by atoms with Crippen LogP contribution in [0.4, 0.5) is 0 Å². The van der Waals surface area contributed by atoms with Gasteiger partial charge in [-0.25, -0.2) is 0 Å². The summed E-state index contributed by atoms with van der Waals surface area (Å²) in [5.74, 6) is 0.984. The Morgan fingerprint density at radius 1 is 1.73 bits per heavy atom. The fraction of sp³-hybridized carbons (Fsp3) is 0.875. The summed E-state index contributed by atoms with van der Waals surface area (Å²) >= 11 is 0. The highest BCUT2D eigenvalue weighted by atomic mass is 16.5. The van der Waals surface area contributed by atoms with Crippen molar-refractivity contribution in [3.8, 4) is 0 Å². The van der Waals surface area contributed by atoms with Gasteiger partial charge in [0.1, 0.15) is 0 Å². The first-order valence-corrected chi connectivity index (χ1v) is 4.33. The molecular weight excluding hydrogens is 140 g/mol. The van der Waals surface area contributed by atoms with E-state index in [1.807, 2.05) is 0 Å². The molecule has 0 N–H and O–H groups in total. The van der Waals surface area contributed by atoms with Crippen molar-refractivity contribution in [2.75, 3.05) is 26.2 Å². The molecule has 2 aliphatic heterocycles. The molecule has 2 rings (SSSR count). The van der Waals surface area contributed by atoms with Crippen LogP contribution in [0, 0.1) is 0 Å². The summed E-state index contributed by atoms with van der Waals surface area (Å²) in [6.07, 6.45) is 1.09. The molecule has 0 saturated carbocycles. The van der Waals surface area contributed by atoms with Gasteiger partial charge < -0.3 is 4.74 Å². The van der Waals surface area contributed by atoms with Crippen LogP contribution in [0.1, 0.15) is 13.3 Å². The Morgan fingerprint density at radius 2 is 2.64 bits per heavy atom. The van der Waals surface area contributed by atoms with Crippen LogP contribution in [0.3, 0.4) is 0 Å². The normalized spacial score (nSPS) is 35.9. The smallest absolute Gasteiger partial charge is 0.202 e. The zero-order chi connectivity index (χ0) is 7.68. The quantitative estimate of drug-likeness (QED) is 0.541. The van der Waals surface area contributed by atoms with Crippen molar-refractivity contribution in [2.24, 2.45) is 4.99 Å². The fourth-order valence-electron chi connectivity index (χ4n) is 1.44. The van der Waals surface area contributed by atoms with E-state index in [0.29, 0.717) is 6.04 Å². The van der Waals surface area contributed by atoms with Crippen molar-refractivity contribution in [1.29, 1.82) is 0 Å². The molecule has 0 spiro atoms. The fourth-order valence-corrected chi connectivity index (χ4v) is 1.44. The Balaban J connectivity index is 1.90. The van der Waals surface area contributed by atoms with E-state index in [0.717, 1.165) is 38.6 Å². The molecule has 3 heteroatoms. The second-order valence-electron chi connectivity index (χ2n) is 3.03. The zero-order valence-corrected chi connectivity index (χ0v) is 6.92. The first-order chi connectivity index (χ1) is 5.42. The van der Waals surface area contributed by atoms with Gasteiger partial charge in [-0.15, -0.1) is 0 Å². The van der Waals surface area contributed by atoms with Gasteiger partial charge in [0.25, 0.3) is 0 Å². The molecule has 2 unspecified atom stereocenters. The van der Waals surface area contributed by atoms with Gasteiger partial charge in [-0.05, 0) is 6.54 Å². The van der Waals surface area contributed by atoms with E-state index >= 15 is 0 Å². The van der Waals surface area contributed by atoms with Gasteiger partial charge in [-0.3, -0.25) is 9.89 Å². The number of ether oxygens (including phenoxy) is 1. The monoisotopic (exact) mass is 154 g/mol. The van der Waals surface area contributed by atoms with E-state index in [4.69, 9.17) is 4.74 Å². The van der Waals surface area contributed by atoms with E-state index in [1.54, 1.807) is 0 Å². The summed E-state index contributed by atoms with van der Waals surface area (Å²) < 4.78 is 5.44. The number of likely N-dealkylation sites (N-methyl/N-ethyl adjacent to an activating group) is 1. The van der Waals surface area contributed by atoms with Crippen LogP contribution in [0.15, 0.2) is 4.99 Å². The van der Waals surface area contributed by atoms with Crippen molar-refractivity contribution < 1.29 is 4.74 Å². The Morgan fingerprint density at radius 3 is 3.18 bits per heavy atom. The number of hydrogen-bond donors (Lipinski definition) is 0. The number of rotatable bonds is 2. The SMILES string of the molecule is CCN1CC1C1=NCCCO1. The van der Waals surface area contributed by atoms with Gasteiger partial charge in [0.15, 0.2) is 0 Å². The summed E-state index contributed by atoms with van der Waals surface area (Å²) in [6.45, 7) is 6.27. The lowest BCUT2D eigenvalue weighted by atomic mass is 10.4. The molecule has 11 heavy (non-hydrogen) atoms. The van der Waals surface area contributed by atoms with Crippen molar-refractivity contribution >= 4 is 5.90 Å². The molecule has 2 atom stereocenters. The second kappa shape index (κ2) is 2.81. The zero-order valence-electron chi connectivity index (χ0n) is 6.92. The summed E-state index contributed by atoms with van der Waals surface area (Å²) in [4.78, 5) is 6.69. The molecule has 62 valence electrons. The minimum atomic E-state index is 0.528. The highest BCUT2D eigenvalue weighted by molar-refractivity contribution is 5.85. The molecule has 0 amide bonds. The van der Waals surface area contributed by atoms with Crippen molar-refractivity contribution in [2.45, 2.75) is 19.4 Å². The molecule has 2 heterocycles. The van der Waals surface area contributed by atoms with Crippen LogP contribution < -0.4 is 0 Å². The highest BCUT2D eigenvalue weighted by Crippen LogP contribution is 2.20. The van der Waals surface area contributed by atoms with E-state index < -0.39 is 0 Å². The first-order valence-electron chi connectivity index (χ1n) is 4.33. The molecule has 1 saturated heterocycles. The number of aliphatic imine (C=N–C) groups is 1. The standard InChI is InChI=1S/C8H14N2O/c1-2-10-6-7(10)8-9-4-3-5-11-8/h7H,2-6H2,1H3. The Hall–Kier alpha value is -0.570. The van der Waals surface area contributed by atoms with Gasteiger partial charge in [0, 0.05) is 19.5 Å². The molecule has 3 nitrogen and oxygen atoms in total. The highest BCUT2D eigenvalue weighted by Gasteiger charge is 2.38. The second-order valence-corrected chi connectivity index (χ2v) is 3.03. The van der Waals surface area contributed by atoms with Crippen LogP contribution in [-0.2, 0) is 4.74 Å². The first kappa shape index (κ1) is 7.10. The minimum Gasteiger partial charge on any atom is -0.480 e. The lowest BCUT2D eigenvalue weighted by Crippen LogP contribution is -2.21. The Bertz CT molecular complexity index is 179. The molecule has 0 radical (unpaired) electrons. The van der Waals surface area contributed by atoms with Gasteiger partial charge in [0.05, 0.1) is 12.6 Å². The van der Waals surface area contributed by atoms with Gasteiger partial charge >= 0.3 is 0 Å². The lowest BCUT2D eigenvalue weighted by Gasteiger charge is -2.12. The van der Waals surface area contributed by atoms with Crippen molar-refractivity contribution in [1.82, 2.24) is 4.90 Å². The van der Waals surface area contributed by atoms with E-state index in [-0.39, 0.29) is 0 Å². The third-order valence-corrected chi connectivity index (χ3v) is 2.23. The maximum absolute atomic E-state index is 5.44. The van der Waals surface area contributed by atoms with Crippen LogP contribution >= 0.6 is 0 Å². The van der Waals surface area contributed by atoms with Gasteiger partial charge in [0.2, 0.25) is 5.90 Å². The van der Waals surface area contributed by atoms with Crippen LogP contribution in [-0.4, -0.2) is 43.1 Å². The topological polar surface area (TPSA) is 24.6 Å². The third-order valence-electron chi connectivity index (χ3n) is 2.23. The number of hydrogen-bond acceptors (Lipinski definition) is 3. The Labute approximate surface area is 67.1 Å². The molecule has 0 aromatic rings. The van der Waals surface area contributed by atoms with E-state index in [2.05, 4.69) is 16.8 Å². The predicted molar refractivity (Wildman–Crippen MR) is 43.9 cm³/mol. The average Bonchev–Trinajstić information content (AvgIpc) is 2.85. The van der Waals surface area contributed by atoms with Crippen LogP contribution in [0.25, 0.3) is 0 Å². The average molecular weight is 154 g/mol. The molecule has 0 bridgehead atoms. The summed E-state index contributed by atoms with van der Waals surface area (Å²) in [5, 5.41) is 0. The summed E-state index contributed by atoms with van der Waals surface area (Å²) in [7, 11) is 0. The molecule has 0 aromatic carbocycles. The van der Waals surface area contributed by atoms with Crippen LogP contribution in [0.2, 0.25) is 0 Å². The third kappa shape index (κ3) is 1.38. The summed E-state index contributed by atoms with van der Waals surface area (Å²) in [5.41, 5.74) is 0. The van der Waals surface area contributed by atoms with Crippen LogP contribution in [0.5, 0.6) is 0 Å². The maximum atomic E-state index is 5.44. The van der Waals surface area contributed by atoms with E-state index in [9.17, 15) is 0 Å². The van der Waals surface area contributed by atoms with Gasteiger partial charge in [-0.1, -0.05) is 6.92 Å². The molecule has 0 aromatic heterocycles. The number of nitrogens with zero attached hydrogens (tertiary/aromatic N) is 2. The maximum Gasteiger partial charge on any atom is 0.202 e. The molecule has 0 aliphatic carbocycles. The van der Waals surface area contributed by atoms with Gasteiger partial charge in [-0.2, -0.15) is 0 Å².